The highest BCUT2D eigenvalue weighted by Gasteiger charge is 2.57. The number of aliphatic carboxylic acids is 1. The number of carbonyl (C=O) groups is 1. The third-order valence-corrected chi connectivity index (χ3v) is 10.4. The molecular weight excluding hydrogens is 836 g/mol. The second kappa shape index (κ2) is 22.6. The van der Waals surface area contributed by atoms with Crippen LogP contribution in [0.4, 0.5) is 0 Å². The zero-order valence-corrected chi connectivity index (χ0v) is 34.1. The zero-order valence-electron chi connectivity index (χ0n) is 34.1. The standard InChI is InChI=1S/C35H62O26/c1-9(2)51-13(6)54-31(50)35(56-14(7-36)10(3)38)59-26-20(43)17(40)12(5)53-34(26)58-25-21(44)23(46)33(60-27(25)29(47)48)57-24-18(41)15(8-37)55-30(49)28(24)61-32-22(45)19(42)16(39)11(4)52-32/h9-28,30-46,49-50H,7-8H2,1-6H3,(H,47,48). The fourth-order valence-electron chi connectivity index (χ4n) is 6.98. The lowest BCUT2D eigenvalue weighted by Crippen LogP contribution is -2.68. The van der Waals surface area contributed by atoms with Crippen molar-refractivity contribution in [1.29, 1.82) is 0 Å². The second-order valence-corrected chi connectivity index (χ2v) is 15.5. The van der Waals surface area contributed by atoms with Crippen molar-refractivity contribution in [3.63, 3.8) is 0 Å². The maximum atomic E-state index is 12.7. The molecule has 4 fully saturated rings. The molecule has 4 rings (SSSR count). The molecule has 25 atom stereocenters. The van der Waals surface area contributed by atoms with Crippen molar-refractivity contribution in [2.24, 2.45) is 0 Å². The number of carboxylic acid groups (broad SMARTS) is 1. The molecule has 0 aliphatic carbocycles. The summed E-state index contributed by atoms with van der Waals surface area (Å²) in [4.78, 5) is 12.7. The van der Waals surface area contributed by atoms with E-state index in [1.807, 2.05) is 0 Å². The number of rotatable bonds is 19. The molecular formula is C35H62O26. The van der Waals surface area contributed by atoms with E-state index in [9.17, 15) is 76.3 Å². The van der Waals surface area contributed by atoms with Gasteiger partial charge in [0.1, 0.15) is 85.5 Å². The first kappa shape index (κ1) is 52.1. The molecule has 0 aromatic rings. The molecule has 14 N–H and O–H groups in total. The average Bonchev–Trinajstić information content (AvgIpc) is 3.18. The average molecular weight is 899 g/mol. The van der Waals surface area contributed by atoms with Crippen molar-refractivity contribution >= 4 is 5.97 Å². The minimum absolute atomic E-state index is 0.389. The lowest BCUT2D eigenvalue weighted by atomic mass is 9.95. The minimum atomic E-state index is -2.32. The van der Waals surface area contributed by atoms with Crippen molar-refractivity contribution in [3.8, 4) is 0 Å². The van der Waals surface area contributed by atoms with Gasteiger partial charge in [-0.15, -0.1) is 0 Å². The van der Waals surface area contributed by atoms with Gasteiger partial charge in [0.2, 0.25) is 12.6 Å². The van der Waals surface area contributed by atoms with Crippen LogP contribution in [-0.4, -0.2) is 251 Å². The summed E-state index contributed by atoms with van der Waals surface area (Å²) < 4.78 is 61.2. The molecule has 26 nitrogen and oxygen atoms in total. The van der Waals surface area contributed by atoms with Crippen LogP contribution in [0, 0.1) is 0 Å². The van der Waals surface area contributed by atoms with Crippen LogP contribution in [0.5, 0.6) is 0 Å². The Labute approximate surface area is 349 Å². The van der Waals surface area contributed by atoms with E-state index in [-0.39, 0.29) is 6.10 Å². The van der Waals surface area contributed by atoms with E-state index in [0.717, 1.165) is 0 Å². The Morgan fingerprint density at radius 1 is 0.590 bits per heavy atom. The number of hydrogen-bond donors (Lipinski definition) is 14. The summed E-state index contributed by atoms with van der Waals surface area (Å²) in [7, 11) is 0. The van der Waals surface area contributed by atoms with E-state index >= 15 is 0 Å². The molecule has 0 saturated carbocycles. The number of ether oxygens (including phenoxy) is 11. The Balaban J connectivity index is 1.60. The molecule has 26 heteroatoms. The van der Waals surface area contributed by atoms with E-state index in [4.69, 9.17) is 52.1 Å². The fraction of sp³-hybridized carbons (Fsp3) is 0.971. The Hall–Kier alpha value is -1.49. The normalized spacial score (nSPS) is 44.9. The van der Waals surface area contributed by atoms with E-state index in [1.165, 1.54) is 27.7 Å². The lowest BCUT2D eigenvalue weighted by Gasteiger charge is -2.49. The predicted molar refractivity (Wildman–Crippen MR) is 191 cm³/mol. The van der Waals surface area contributed by atoms with Crippen molar-refractivity contribution in [2.75, 3.05) is 13.2 Å². The van der Waals surface area contributed by atoms with E-state index < -0.39 is 173 Å². The molecule has 4 aliphatic rings. The Morgan fingerprint density at radius 2 is 1.11 bits per heavy atom. The van der Waals surface area contributed by atoms with Crippen molar-refractivity contribution in [2.45, 2.75) is 202 Å². The van der Waals surface area contributed by atoms with Gasteiger partial charge in [-0.05, 0) is 41.5 Å². The van der Waals surface area contributed by atoms with Crippen LogP contribution in [-0.2, 0) is 56.9 Å². The van der Waals surface area contributed by atoms with Crippen LogP contribution in [0.25, 0.3) is 0 Å². The predicted octanol–water partition coefficient (Wildman–Crippen LogP) is -7.39. The Bertz CT molecular complexity index is 1330. The van der Waals surface area contributed by atoms with Gasteiger partial charge in [0, 0.05) is 0 Å². The van der Waals surface area contributed by atoms with Crippen LogP contribution in [0.2, 0.25) is 0 Å². The van der Waals surface area contributed by atoms with Crippen molar-refractivity contribution < 1.29 is 128 Å². The van der Waals surface area contributed by atoms with Crippen LogP contribution in [0.1, 0.15) is 41.5 Å². The molecule has 0 aromatic heterocycles. The van der Waals surface area contributed by atoms with Gasteiger partial charge in [-0.1, -0.05) is 0 Å². The highest BCUT2D eigenvalue weighted by atomic mass is 16.8. The molecule has 4 aliphatic heterocycles. The van der Waals surface area contributed by atoms with Gasteiger partial charge in [-0.3, -0.25) is 0 Å². The third kappa shape index (κ3) is 12.4. The quantitative estimate of drug-likeness (QED) is 0.0536. The summed E-state index contributed by atoms with van der Waals surface area (Å²) in [6.07, 6.45) is -46.5. The second-order valence-electron chi connectivity index (χ2n) is 15.5. The summed E-state index contributed by atoms with van der Waals surface area (Å²) in [6.45, 7) is 6.83. The van der Waals surface area contributed by atoms with Gasteiger partial charge in [-0.2, -0.15) is 0 Å². The molecule has 0 radical (unpaired) electrons. The number of aliphatic hydroxyl groups is 13. The number of aliphatic hydroxyl groups excluding tert-OH is 13. The highest BCUT2D eigenvalue weighted by molar-refractivity contribution is 5.73. The Kier molecular flexibility index (Phi) is 19.3. The largest absolute Gasteiger partial charge is 0.479 e. The Morgan fingerprint density at radius 3 is 1.67 bits per heavy atom. The topological polar surface area (TPSA) is 402 Å². The maximum Gasteiger partial charge on any atom is 0.335 e. The highest BCUT2D eigenvalue weighted by Crippen LogP contribution is 2.35. The molecule has 0 amide bonds. The minimum Gasteiger partial charge on any atom is -0.479 e. The fourth-order valence-corrected chi connectivity index (χ4v) is 6.98. The first-order valence-corrected chi connectivity index (χ1v) is 19.7. The smallest absolute Gasteiger partial charge is 0.335 e. The first-order chi connectivity index (χ1) is 28.5. The molecule has 0 aromatic carbocycles. The van der Waals surface area contributed by atoms with Crippen molar-refractivity contribution in [3.05, 3.63) is 0 Å². The van der Waals surface area contributed by atoms with Gasteiger partial charge in [0.15, 0.2) is 37.6 Å². The van der Waals surface area contributed by atoms with Crippen LogP contribution < -0.4 is 0 Å². The molecule has 4 saturated heterocycles. The third-order valence-electron chi connectivity index (χ3n) is 10.4. The summed E-state index contributed by atoms with van der Waals surface area (Å²) in [5, 5.41) is 148. The number of carboxylic acids is 1. The lowest BCUT2D eigenvalue weighted by molar-refractivity contribution is -0.400. The SMILES string of the molecule is CC(C)OC(C)OC(O)C(OC(CO)C(C)O)OC1C(OC2C(C(=O)O)OC(OC3C(O)C(CO)OC(O)C3OC3OC(C)C(O)C(O)C3O)C(O)C2O)OC(C)C(O)C1O. The molecule has 4 heterocycles. The summed E-state index contributed by atoms with van der Waals surface area (Å²) >= 11 is 0. The van der Waals surface area contributed by atoms with Gasteiger partial charge in [0.05, 0.1) is 37.6 Å². The van der Waals surface area contributed by atoms with E-state index in [0.29, 0.717) is 0 Å². The van der Waals surface area contributed by atoms with Gasteiger partial charge < -0.3 is 124 Å². The van der Waals surface area contributed by atoms with Gasteiger partial charge >= 0.3 is 5.97 Å². The van der Waals surface area contributed by atoms with Crippen LogP contribution in [0.3, 0.4) is 0 Å². The maximum absolute atomic E-state index is 12.7. The van der Waals surface area contributed by atoms with E-state index in [1.54, 1.807) is 13.8 Å². The van der Waals surface area contributed by atoms with Gasteiger partial charge in [0.25, 0.3) is 0 Å². The van der Waals surface area contributed by atoms with E-state index in [2.05, 4.69) is 0 Å². The van der Waals surface area contributed by atoms with Crippen LogP contribution in [0.15, 0.2) is 0 Å². The zero-order chi connectivity index (χ0) is 45.8. The summed E-state index contributed by atoms with van der Waals surface area (Å²) in [6, 6.07) is 0. The van der Waals surface area contributed by atoms with Crippen LogP contribution >= 0.6 is 0 Å². The monoisotopic (exact) mass is 898 g/mol. The summed E-state index contributed by atoms with van der Waals surface area (Å²) in [5.41, 5.74) is 0. The first-order valence-electron chi connectivity index (χ1n) is 19.7. The molecule has 0 bridgehead atoms. The van der Waals surface area contributed by atoms with Gasteiger partial charge in [-0.25, -0.2) is 4.79 Å². The van der Waals surface area contributed by atoms with Crippen molar-refractivity contribution in [1.82, 2.24) is 0 Å². The molecule has 25 unspecified atom stereocenters. The molecule has 61 heavy (non-hydrogen) atoms. The molecule has 0 spiro atoms. The number of hydrogen-bond acceptors (Lipinski definition) is 25. The summed E-state index contributed by atoms with van der Waals surface area (Å²) in [5.74, 6) is -1.85. The molecule has 358 valence electrons.